The summed E-state index contributed by atoms with van der Waals surface area (Å²) in [7, 11) is 1.21. The summed E-state index contributed by atoms with van der Waals surface area (Å²) in [5.41, 5.74) is 0.399. The third-order valence-electron chi connectivity index (χ3n) is 2.54. The zero-order chi connectivity index (χ0) is 14.6. The van der Waals surface area contributed by atoms with Gasteiger partial charge in [-0.2, -0.15) is 0 Å². The van der Waals surface area contributed by atoms with E-state index >= 15 is 0 Å². The van der Waals surface area contributed by atoms with Gasteiger partial charge in [0.05, 0.1) is 29.2 Å². The van der Waals surface area contributed by atoms with Crippen molar-refractivity contribution in [2.75, 3.05) is 7.11 Å². The predicted octanol–water partition coefficient (Wildman–Crippen LogP) is 1.47. The monoisotopic (exact) mass is 267 g/mol. The van der Waals surface area contributed by atoms with Gasteiger partial charge in [-0.05, 0) is 19.1 Å². The van der Waals surface area contributed by atoms with E-state index in [4.69, 9.17) is 5.21 Å². The van der Waals surface area contributed by atoms with Gasteiger partial charge in [0.2, 0.25) is 5.91 Å². The SMILES string of the molecule is COC(=O)c1ccc([C@H](C)NC(C)=O)c([N+](=O)O)c1. The summed E-state index contributed by atoms with van der Waals surface area (Å²) in [6.07, 6.45) is 0. The number of rotatable bonds is 4. The van der Waals surface area contributed by atoms with E-state index in [9.17, 15) is 14.5 Å². The van der Waals surface area contributed by atoms with E-state index in [2.05, 4.69) is 10.1 Å². The van der Waals surface area contributed by atoms with E-state index in [0.717, 1.165) is 0 Å². The smallest absolute Gasteiger partial charge is 0.338 e. The van der Waals surface area contributed by atoms with Crippen LogP contribution in [0.5, 0.6) is 0 Å². The average molecular weight is 267 g/mol. The van der Waals surface area contributed by atoms with Crippen LogP contribution in [0.2, 0.25) is 0 Å². The van der Waals surface area contributed by atoms with E-state index in [1.54, 1.807) is 6.92 Å². The van der Waals surface area contributed by atoms with Crippen molar-refractivity contribution in [3.05, 3.63) is 34.2 Å². The van der Waals surface area contributed by atoms with Gasteiger partial charge in [-0.15, -0.1) is 0 Å². The Balaban J connectivity index is 3.22. The van der Waals surface area contributed by atoms with Crippen LogP contribution in [0, 0.1) is 4.91 Å². The van der Waals surface area contributed by atoms with E-state index in [0.29, 0.717) is 5.56 Å². The summed E-state index contributed by atoms with van der Waals surface area (Å²) in [6.45, 7) is 2.99. The maximum atomic E-state index is 11.4. The molecule has 0 radical (unpaired) electrons. The van der Waals surface area contributed by atoms with Crippen molar-refractivity contribution in [2.45, 2.75) is 19.9 Å². The van der Waals surface area contributed by atoms with Gasteiger partial charge in [0.15, 0.2) is 0 Å². The van der Waals surface area contributed by atoms with Crippen molar-refractivity contribution >= 4 is 17.6 Å². The molecular weight excluding hydrogens is 252 g/mol. The lowest BCUT2D eigenvalue weighted by atomic mass is 10.0. The second-order valence-electron chi connectivity index (χ2n) is 3.96. The van der Waals surface area contributed by atoms with E-state index in [-0.39, 0.29) is 22.1 Å². The number of benzene rings is 1. The van der Waals surface area contributed by atoms with Gasteiger partial charge >= 0.3 is 11.7 Å². The standard InChI is InChI=1S/C12H14N2O5/c1-7(13-8(2)15)10-5-4-9(12(16)19-3)6-11(10)14(17)18/h4-7H,1-3H3,(H-,13,15,17,18)/p+1/t7-/m0/s1. The molecule has 7 heteroatoms. The van der Waals surface area contributed by atoms with Gasteiger partial charge in [-0.25, -0.2) is 10.0 Å². The molecule has 0 saturated heterocycles. The number of esters is 1. The molecule has 1 amide bonds. The van der Waals surface area contributed by atoms with Crippen LogP contribution in [0.1, 0.15) is 35.8 Å². The molecule has 0 saturated carbocycles. The van der Waals surface area contributed by atoms with Crippen LogP contribution in [0.25, 0.3) is 0 Å². The Labute approximate surface area is 109 Å². The Morgan fingerprint density at radius 3 is 2.53 bits per heavy atom. The summed E-state index contributed by atoms with van der Waals surface area (Å²) >= 11 is 0. The fraction of sp³-hybridized carbons (Fsp3) is 0.333. The summed E-state index contributed by atoms with van der Waals surface area (Å²) in [4.78, 5) is 33.1. The Morgan fingerprint density at radius 1 is 1.42 bits per heavy atom. The second kappa shape index (κ2) is 5.94. The molecule has 0 aliphatic carbocycles. The van der Waals surface area contributed by atoms with Gasteiger partial charge in [0, 0.05) is 13.0 Å². The highest BCUT2D eigenvalue weighted by molar-refractivity contribution is 5.90. The van der Waals surface area contributed by atoms with Crippen LogP contribution in [0.15, 0.2) is 18.2 Å². The van der Waals surface area contributed by atoms with Crippen LogP contribution in [0.3, 0.4) is 0 Å². The van der Waals surface area contributed by atoms with E-state index in [1.165, 1.54) is 32.2 Å². The first kappa shape index (κ1) is 14.6. The summed E-state index contributed by atoms with van der Waals surface area (Å²) < 4.78 is 4.53. The van der Waals surface area contributed by atoms with Gasteiger partial charge < -0.3 is 10.1 Å². The van der Waals surface area contributed by atoms with Crippen molar-refractivity contribution in [1.29, 1.82) is 0 Å². The Morgan fingerprint density at radius 2 is 2.05 bits per heavy atom. The maximum Gasteiger partial charge on any atom is 0.338 e. The zero-order valence-electron chi connectivity index (χ0n) is 10.8. The molecule has 0 aromatic heterocycles. The van der Waals surface area contributed by atoms with Gasteiger partial charge in [-0.1, -0.05) is 0 Å². The minimum atomic E-state index is -0.623. The molecule has 0 spiro atoms. The molecule has 1 aromatic rings. The fourth-order valence-electron chi connectivity index (χ4n) is 1.70. The normalized spacial score (nSPS) is 11.5. The van der Waals surface area contributed by atoms with Crippen molar-refractivity contribution in [3.8, 4) is 0 Å². The first-order valence-corrected chi connectivity index (χ1v) is 5.52. The van der Waals surface area contributed by atoms with Gasteiger partial charge in [0.25, 0.3) is 4.92 Å². The lowest BCUT2D eigenvalue weighted by molar-refractivity contribution is -0.730. The Kier molecular flexibility index (Phi) is 4.57. The molecule has 0 fully saturated rings. The fourth-order valence-corrected chi connectivity index (χ4v) is 1.70. The minimum absolute atomic E-state index is 0.121. The van der Waals surface area contributed by atoms with Gasteiger partial charge in [-0.3, -0.25) is 4.79 Å². The van der Waals surface area contributed by atoms with Crippen molar-refractivity contribution in [3.63, 3.8) is 0 Å². The molecule has 0 heterocycles. The molecule has 7 nitrogen and oxygen atoms in total. The molecule has 19 heavy (non-hydrogen) atoms. The molecule has 0 aliphatic rings. The second-order valence-corrected chi connectivity index (χ2v) is 3.96. The van der Waals surface area contributed by atoms with Crippen molar-refractivity contribution in [2.24, 2.45) is 0 Å². The largest absolute Gasteiger partial charge is 0.465 e. The molecule has 1 rings (SSSR count). The molecule has 0 bridgehead atoms. The highest BCUT2D eigenvalue weighted by Crippen LogP contribution is 2.26. The summed E-state index contributed by atoms with van der Waals surface area (Å²) in [5.74, 6) is -0.896. The van der Waals surface area contributed by atoms with Crippen LogP contribution < -0.4 is 5.32 Å². The highest BCUT2D eigenvalue weighted by Gasteiger charge is 2.25. The van der Waals surface area contributed by atoms with Crippen LogP contribution in [-0.4, -0.2) is 29.1 Å². The number of nitrogens with one attached hydrogen (secondary N) is 1. The maximum absolute atomic E-state index is 11.4. The molecule has 0 aliphatic heterocycles. The quantitative estimate of drug-likeness (QED) is 0.636. The third-order valence-corrected chi connectivity index (χ3v) is 2.54. The Bertz CT molecular complexity index is 527. The van der Waals surface area contributed by atoms with Crippen molar-refractivity contribution < 1.29 is 24.5 Å². The highest BCUT2D eigenvalue weighted by atomic mass is 16.6. The lowest BCUT2D eigenvalue weighted by Crippen LogP contribution is -2.24. The van der Waals surface area contributed by atoms with Crippen LogP contribution in [0.4, 0.5) is 5.69 Å². The third kappa shape index (κ3) is 3.51. The number of carbonyl (C=O) groups is 2. The van der Waals surface area contributed by atoms with Crippen molar-refractivity contribution in [1.82, 2.24) is 5.32 Å². The molecule has 1 atom stereocenters. The predicted molar refractivity (Wildman–Crippen MR) is 65.1 cm³/mol. The molecule has 1 aromatic carbocycles. The molecule has 0 unspecified atom stereocenters. The first-order valence-electron chi connectivity index (χ1n) is 5.52. The lowest BCUT2D eigenvalue weighted by Gasteiger charge is -2.12. The number of hydrogen-bond acceptors (Lipinski definition) is 4. The molecule has 102 valence electrons. The number of nitrogens with zero attached hydrogens (tertiary/aromatic N) is 1. The van der Waals surface area contributed by atoms with Gasteiger partial charge in [0.1, 0.15) is 0 Å². The first-order chi connectivity index (χ1) is 8.86. The number of hydrogen-bond donors (Lipinski definition) is 2. The topological polar surface area (TPSA) is 95.7 Å². The number of methoxy groups -OCH3 is 1. The number of ether oxygens (including phenoxy) is 1. The average Bonchev–Trinajstić information content (AvgIpc) is 2.36. The number of carbonyl (C=O) groups excluding carboxylic acids is 2. The van der Waals surface area contributed by atoms with Crippen LogP contribution >= 0.6 is 0 Å². The van der Waals surface area contributed by atoms with E-state index in [1.807, 2.05) is 0 Å². The zero-order valence-corrected chi connectivity index (χ0v) is 10.8. The molecular formula is C12H15N2O5+. The summed E-state index contributed by atoms with van der Waals surface area (Å²) in [6, 6.07) is 3.64. The Hall–Kier alpha value is -2.44. The number of amides is 1. The summed E-state index contributed by atoms with van der Waals surface area (Å²) in [5, 5.41) is 11.7. The minimum Gasteiger partial charge on any atom is -0.465 e. The van der Waals surface area contributed by atoms with E-state index < -0.39 is 12.0 Å². The molecule has 2 N–H and O–H groups in total. The van der Waals surface area contributed by atoms with Crippen LogP contribution in [-0.2, 0) is 9.53 Å².